The van der Waals surface area contributed by atoms with Gasteiger partial charge in [-0.05, 0) is 24.5 Å². The number of rotatable bonds is 6. The molecular formula is C19H27NO4. The molecule has 0 bridgehead atoms. The van der Waals surface area contributed by atoms with E-state index in [1.807, 2.05) is 0 Å². The van der Waals surface area contributed by atoms with Gasteiger partial charge in [0.05, 0.1) is 6.10 Å². The molecule has 1 aromatic carbocycles. The normalized spacial score (nSPS) is 25.7. The first-order valence-corrected chi connectivity index (χ1v) is 9.00. The van der Waals surface area contributed by atoms with Crippen LogP contribution in [0, 0.1) is 11.8 Å². The molecule has 0 amide bonds. The average Bonchev–Trinajstić information content (AvgIpc) is 3.11. The zero-order chi connectivity index (χ0) is 16.9. The van der Waals surface area contributed by atoms with Crippen LogP contribution < -0.4 is 4.74 Å². The number of aliphatic hydroxyl groups is 1. The van der Waals surface area contributed by atoms with E-state index < -0.39 is 5.97 Å². The van der Waals surface area contributed by atoms with Gasteiger partial charge in [0.2, 0.25) is 0 Å². The third-order valence-corrected chi connectivity index (χ3v) is 5.49. The third kappa shape index (κ3) is 4.08. The zero-order valence-electron chi connectivity index (χ0n) is 14.1. The van der Waals surface area contributed by atoms with Gasteiger partial charge >= 0.3 is 5.97 Å². The van der Waals surface area contributed by atoms with Gasteiger partial charge in [-0.2, -0.15) is 0 Å². The van der Waals surface area contributed by atoms with Crippen molar-refractivity contribution in [2.24, 2.45) is 11.8 Å². The summed E-state index contributed by atoms with van der Waals surface area (Å²) in [6.45, 7) is 3.05. The van der Waals surface area contributed by atoms with E-state index in [0.717, 1.165) is 26.1 Å². The van der Waals surface area contributed by atoms with E-state index in [4.69, 9.17) is 4.74 Å². The summed E-state index contributed by atoms with van der Waals surface area (Å²) in [5, 5.41) is 19.5. The van der Waals surface area contributed by atoms with Crippen LogP contribution in [-0.4, -0.2) is 53.4 Å². The number of hydrogen-bond acceptors (Lipinski definition) is 4. The molecule has 0 aromatic heterocycles. The second-order valence-corrected chi connectivity index (χ2v) is 7.01. The van der Waals surface area contributed by atoms with Crippen molar-refractivity contribution in [1.82, 2.24) is 4.90 Å². The highest BCUT2D eigenvalue weighted by atomic mass is 16.5. The number of aromatic carboxylic acids is 1. The van der Waals surface area contributed by atoms with Crippen LogP contribution in [0.4, 0.5) is 0 Å². The van der Waals surface area contributed by atoms with Crippen molar-refractivity contribution in [3.8, 4) is 5.75 Å². The quantitative estimate of drug-likeness (QED) is 0.837. The molecule has 1 aromatic rings. The molecule has 2 aliphatic rings. The number of piperidine rings is 1. The second kappa shape index (κ2) is 7.99. The molecule has 24 heavy (non-hydrogen) atoms. The van der Waals surface area contributed by atoms with Crippen molar-refractivity contribution in [1.29, 1.82) is 0 Å². The van der Waals surface area contributed by atoms with Crippen LogP contribution in [0.1, 0.15) is 42.5 Å². The first-order chi connectivity index (χ1) is 11.6. The van der Waals surface area contributed by atoms with Gasteiger partial charge in [0.25, 0.3) is 0 Å². The molecule has 0 spiro atoms. The van der Waals surface area contributed by atoms with E-state index in [0.29, 0.717) is 24.2 Å². The summed E-state index contributed by atoms with van der Waals surface area (Å²) in [6.07, 6.45) is 5.74. The molecule has 1 aliphatic heterocycles. The Kier molecular flexibility index (Phi) is 5.74. The van der Waals surface area contributed by atoms with Gasteiger partial charge in [0, 0.05) is 25.6 Å². The van der Waals surface area contributed by atoms with Crippen molar-refractivity contribution < 1.29 is 19.7 Å². The first kappa shape index (κ1) is 17.2. The number of ether oxygens (including phenoxy) is 1. The Bertz CT molecular complexity index is 556. The number of benzene rings is 1. The van der Waals surface area contributed by atoms with Crippen LogP contribution in [0.15, 0.2) is 24.3 Å². The van der Waals surface area contributed by atoms with E-state index in [9.17, 15) is 15.0 Å². The molecule has 0 radical (unpaired) electrons. The smallest absolute Gasteiger partial charge is 0.339 e. The lowest BCUT2D eigenvalue weighted by Gasteiger charge is -2.39. The molecule has 132 valence electrons. The van der Waals surface area contributed by atoms with Crippen LogP contribution in [-0.2, 0) is 0 Å². The van der Waals surface area contributed by atoms with Crippen LogP contribution in [0.2, 0.25) is 0 Å². The number of carboxylic acids is 1. The summed E-state index contributed by atoms with van der Waals surface area (Å²) < 4.78 is 5.70. The minimum atomic E-state index is -0.965. The van der Waals surface area contributed by atoms with Crippen molar-refractivity contribution in [2.75, 3.05) is 26.2 Å². The number of aliphatic hydroxyl groups excluding tert-OH is 1. The van der Waals surface area contributed by atoms with Crippen LogP contribution in [0.25, 0.3) is 0 Å². The number of carboxylic acid groups (broad SMARTS) is 1. The molecule has 1 heterocycles. The lowest BCUT2D eigenvalue weighted by molar-refractivity contribution is -0.00334. The minimum absolute atomic E-state index is 0.169. The maximum atomic E-state index is 11.2. The van der Waals surface area contributed by atoms with E-state index in [1.54, 1.807) is 24.3 Å². The molecule has 1 saturated heterocycles. The fourth-order valence-electron chi connectivity index (χ4n) is 4.15. The summed E-state index contributed by atoms with van der Waals surface area (Å²) >= 11 is 0. The van der Waals surface area contributed by atoms with Crippen LogP contribution in [0.5, 0.6) is 5.75 Å². The van der Waals surface area contributed by atoms with Gasteiger partial charge in [-0.1, -0.05) is 37.8 Å². The summed E-state index contributed by atoms with van der Waals surface area (Å²) in [4.78, 5) is 13.5. The Morgan fingerprint density at radius 2 is 1.96 bits per heavy atom. The summed E-state index contributed by atoms with van der Waals surface area (Å²) in [6, 6.07) is 6.75. The maximum absolute atomic E-state index is 11.2. The maximum Gasteiger partial charge on any atom is 0.339 e. The average molecular weight is 333 g/mol. The third-order valence-electron chi connectivity index (χ3n) is 5.49. The molecule has 5 heteroatoms. The van der Waals surface area contributed by atoms with E-state index >= 15 is 0 Å². The van der Waals surface area contributed by atoms with E-state index in [2.05, 4.69) is 4.90 Å². The lowest BCUT2D eigenvalue weighted by atomic mass is 9.82. The molecule has 2 atom stereocenters. The van der Waals surface area contributed by atoms with Crippen molar-refractivity contribution >= 4 is 5.97 Å². The summed E-state index contributed by atoms with van der Waals surface area (Å²) in [5.41, 5.74) is 0.204. The molecule has 0 unspecified atom stereocenters. The Labute approximate surface area is 143 Å². The molecule has 2 N–H and O–H groups in total. The van der Waals surface area contributed by atoms with Gasteiger partial charge in [0.1, 0.15) is 17.9 Å². The van der Waals surface area contributed by atoms with Gasteiger partial charge in [-0.3, -0.25) is 4.90 Å². The molecule has 3 rings (SSSR count). The number of hydrogen-bond donors (Lipinski definition) is 2. The fourth-order valence-corrected chi connectivity index (χ4v) is 4.15. The lowest BCUT2D eigenvalue weighted by Crippen LogP contribution is -2.46. The van der Waals surface area contributed by atoms with Gasteiger partial charge in [-0.25, -0.2) is 4.79 Å². The number of carbonyl (C=O) groups is 1. The molecular weight excluding hydrogens is 306 g/mol. The Balaban J connectivity index is 1.51. The highest BCUT2D eigenvalue weighted by molar-refractivity contribution is 5.90. The largest absolute Gasteiger partial charge is 0.491 e. The summed E-state index contributed by atoms with van der Waals surface area (Å²) in [5.74, 6) is 0.506. The van der Waals surface area contributed by atoms with Gasteiger partial charge in [0.15, 0.2) is 0 Å². The molecule has 5 nitrogen and oxygen atoms in total. The Morgan fingerprint density at radius 3 is 2.71 bits per heavy atom. The summed E-state index contributed by atoms with van der Waals surface area (Å²) in [7, 11) is 0. The molecule has 1 aliphatic carbocycles. The predicted molar refractivity (Wildman–Crippen MR) is 91.4 cm³/mol. The van der Waals surface area contributed by atoms with Crippen LogP contribution >= 0.6 is 0 Å². The van der Waals surface area contributed by atoms with Gasteiger partial charge in [-0.15, -0.1) is 0 Å². The minimum Gasteiger partial charge on any atom is -0.491 e. The molecule has 2 fully saturated rings. The fraction of sp³-hybridized carbons (Fsp3) is 0.632. The van der Waals surface area contributed by atoms with E-state index in [1.165, 1.54) is 25.7 Å². The standard InChI is InChI=1S/C19H27NO4/c21-17-9-10-20(13-16(17)14-5-1-2-6-14)11-12-24-18-8-4-3-7-15(18)19(22)23/h3-4,7-8,14,16-17,21H,1-2,5-6,9-13H2,(H,22,23)/t16-,17+/m0/s1. The van der Waals surface area contributed by atoms with Gasteiger partial charge < -0.3 is 14.9 Å². The predicted octanol–water partition coefficient (Wildman–Crippen LogP) is 2.64. The monoisotopic (exact) mass is 333 g/mol. The SMILES string of the molecule is O=C(O)c1ccccc1OCCN1CC[C@@H](O)[C@H](C2CCCC2)C1. The van der Waals surface area contributed by atoms with Crippen molar-refractivity contribution in [3.63, 3.8) is 0 Å². The number of nitrogens with zero attached hydrogens (tertiary/aromatic N) is 1. The van der Waals surface area contributed by atoms with Crippen molar-refractivity contribution in [2.45, 2.75) is 38.2 Å². The highest BCUT2D eigenvalue weighted by Gasteiger charge is 2.34. The Hall–Kier alpha value is -1.59. The topological polar surface area (TPSA) is 70.0 Å². The number of para-hydroxylation sites is 1. The number of likely N-dealkylation sites (tertiary alicyclic amines) is 1. The van der Waals surface area contributed by atoms with Crippen molar-refractivity contribution in [3.05, 3.63) is 29.8 Å². The van der Waals surface area contributed by atoms with Crippen LogP contribution in [0.3, 0.4) is 0 Å². The zero-order valence-corrected chi connectivity index (χ0v) is 14.1. The molecule has 1 saturated carbocycles. The highest BCUT2D eigenvalue weighted by Crippen LogP contribution is 2.36. The second-order valence-electron chi connectivity index (χ2n) is 7.01. The first-order valence-electron chi connectivity index (χ1n) is 9.00. The Morgan fingerprint density at radius 1 is 1.21 bits per heavy atom. The van der Waals surface area contributed by atoms with E-state index in [-0.39, 0.29) is 11.7 Å².